The maximum Gasteiger partial charge on any atom is 0.254 e. The minimum atomic E-state index is -0.570. The molecule has 0 radical (unpaired) electrons. The molecule has 4 aromatic rings. The maximum atomic E-state index is 15.0. The van der Waals surface area contributed by atoms with Crippen LogP contribution in [0.1, 0.15) is 21.5 Å². The fourth-order valence-corrected chi connectivity index (χ4v) is 4.47. The quantitative estimate of drug-likeness (QED) is 0.400. The Kier molecular flexibility index (Phi) is 7.16. The van der Waals surface area contributed by atoms with Gasteiger partial charge in [0.1, 0.15) is 11.5 Å². The number of likely N-dealkylation sites (N-methyl/N-ethyl adjacent to an activating group) is 1. The summed E-state index contributed by atoms with van der Waals surface area (Å²) in [5.74, 6) is -0.524. The van der Waals surface area contributed by atoms with E-state index < -0.39 is 11.7 Å². The van der Waals surface area contributed by atoms with Gasteiger partial charge in [-0.15, -0.1) is 0 Å². The molecule has 0 spiro atoms. The molecule has 2 aromatic heterocycles. The molecule has 1 fully saturated rings. The van der Waals surface area contributed by atoms with Gasteiger partial charge in [0.15, 0.2) is 0 Å². The average molecular weight is 502 g/mol. The number of hydrogen-bond acceptors (Lipinski definition) is 6. The summed E-state index contributed by atoms with van der Waals surface area (Å²) in [4.78, 5) is 26.3. The fraction of sp³-hybridized carbons (Fsp3) is 0.321. The first-order valence-corrected chi connectivity index (χ1v) is 12.5. The van der Waals surface area contributed by atoms with Crippen LogP contribution < -0.4 is 10.6 Å². The molecule has 2 aromatic carbocycles. The number of rotatable bonds is 7. The normalized spacial score (nSPS) is 14.7. The highest BCUT2D eigenvalue weighted by molar-refractivity contribution is 5.94. The lowest BCUT2D eigenvalue weighted by atomic mass is 10.1. The standard InChI is InChI=1S/C28H32FN7O/c1-19-4-5-22(16-20(19)2)32-28-31-18-21-8-10-36(26(21)33-28)23-6-7-24(25(29)17-23)27(37)30-9-11-35-14-12-34(3)13-15-35/h4-8,10,16-18H,9,11-15H2,1-3H3,(H,30,37)(H,31,32,33). The number of aromatic nitrogens is 3. The molecule has 0 unspecified atom stereocenters. The molecule has 37 heavy (non-hydrogen) atoms. The van der Waals surface area contributed by atoms with Crippen molar-refractivity contribution in [1.82, 2.24) is 29.7 Å². The van der Waals surface area contributed by atoms with Crippen LogP contribution in [0.3, 0.4) is 0 Å². The number of fused-ring (bicyclic) bond motifs is 1. The number of piperazine rings is 1. The van der Waals surface area contributed by atoms with Crippen molar-refractivity contribution in [3.63, 3.8) is 0 Å². The largest absolute Gasteiger partial charge is 0.351 e. The highest BCUT2D eigenvalue weighted by atomic mass is 19.1. The number of benzene rings is 2. The van der Waals surface area contributed by atoms with Gasteiger partial charge in [0.2, 0.25) is 5.95 Å². The first kappa shape index (κ1) is 24.9. The summed E-state index contributed by atoms with van der Waals surface area (Å²) in [6, 6.07) is 12.6. The van der Waals surface area contributed by atoms with Gasteiger partial charge in [-0.2, -0.15) is 4.98 Å². The number of amides is 1. The van der Waals surface area contributed by atoms with Crippen molar-refractivity contribution in [2.24, 2.45) is 0 Å². The second-order valence-electron chi connectivity index (χ2n) is 9.65. The zero-order valence-electron chi connectivity index (χ0n) is 21.5. The SMILES string of the molecule is Cc1ccc(Nc2ncc3ccn(-c4ccc(C(=O)NCCN5CCN(C)CC5)c(F)c4)c3n2)cc1C. The van der Waals surface area contributed by atoms with Crippen LogP contribution in [0.25, 0.3) is 16.7 Å². The van der Waals surface area contributed by atoms with Gasteiger partial charge in [-0.3, -0.25) is 9.69 Å². The molecule has 0 bridgehead atoms. The van der Waals surface area contributed by atoms with E-state index in [1.165, 1.54) is 23.3 Å². The Morgan fingerprint density at radius 3 is 2.59 bits per heavy atom. The van der Waals surface area contributed by atoms with Gasteiger partial charge < -0.3 is 20.1 Å². The number of aryl methyl sites for hydroxylation is 2. The number of nitrogens with zero attached hydrogens (tertiary/aromatic N) is 5. The smallest absolute Gasteiger partial charge is 0.254 e. The predicted molar refractivity (Wildman–Crippen MR) is 144 cm³/mol. The third-order valence-corrected chi connectivity index (χ3v) is 6.98. The van der Waals surface area contributed by atoms with Crippen LogP contribution in [0.15, 0.2) is 54.9 Å². The van der Waals surface area contributed by atoms with Crippen LogP contribution in [0.2, 0.25) is 0 Å². The third-order valence-electron chi connectivity index (χ3n) is 6.98. The lowest BCUT2D eigenvalue weighted by Gasteiger charge is -2.32. The number of nitrogens with one attached hydrogen (secondary N) is 2. The molecule has 8 nitrogen and oxygen atoms in total. The number of carbonyl (C=O) groups is 1. The Morgan fingerprint density at radius 2 is 1.84 bits per heavy atom. The van der Waals surface area contributed by atoms with E-state index in [4.69, 9.17) is 0 Å². The Balaban J connectivity index is 1.29. The molecule has 192 valence electrons. The van der Waals surface area contributed by atoms with E-state index in [-0.39, 0.29) is 5.56 Å². The molecule has 9 heteroatoms. The highest BCUT2D eigenvalue weighted by Crippen LogP contribution is 2.23. The molecule has 0 atom stereocenters. The van der Waals surface area contributed by atoms with E-state index >= 15 is 4.39 Å². The summed E-state index contributed by atoms with van der Waals surface area (Å²) in [5.41, 5.74) is 4.54. The van der Waals surface area contributed by atoms with Gasteiger partial charge in [-0.1, -0.05) is 6.07 Å². The summed E-state index contributed by atoms with van der Waals surface area (Å²) in [5, 5.41) is 6.93. The third kappa shape index (κ3) is 5.63. The number of anilines is 2. The molecular weight excluding hydrogens is 469 g/mol. The van der Waals surface area contributed by atoms with Gasteiger partial charge in [0.25, 0.3) is 5.91 Å². The minimum absolute atomic E-state index is 0.0327. The van der Waals surface area contributed by atoms with Crippen molar-refractivity contribution in [2.45, 2.75) is 13.8 Å². The summed E-state index contributed by atoms with van der Waals surface area (Å²) >= 11 is 0. The average Bonchev–Trinajstić information content (AvgIpc) is 3.30. The molecule has 3 heterocycles. The van der Waals surface area contributed by atoms with Crippen molar-refractivity contribution in [3.8, 4) is 5.69 Å². The van der Waals surface area contributed by atoms with Crippen LogP contribution in [-0.4, -0.2) is 76.6 Å². The molecule has 0 saturated carbocycles. The molecule has 1 amide bonds. The summed E-state index contributed by atoms with van der Waals surface area (Å²) in [7, 11) is 2.11. The van der Waals surface area contributed by atoms with E-state index in [1.54, 1.807) is 16.8 Å². The monoisotopic (exact) mass is 501 g/mol. The number of hydrogen-bond donors (Lipinski definition) is 2. The molecule has 5 rings (SSSR count). The lowest BCUT2D eigenvalue weighted by molar-refractivity contribution is 0.0937. The Labute approximate surface area is 216 Å². The van der Waals surface area contributed by atoms with E-state index in [1.807, 2.05) is 30.5 Å². The van der Waals surface area contributed by atoms with E-state index in [0.717, 1.165) is 43.8 Å². The summed E-state index contributed by atoms with van der Waals surface area (Å²) in [6.07, 6.45) is 3.56. The van der Waals surface area contributed by atoms with E-state index in [0.29, 0.717) is 23.8 Å². The van der Waals surface area contributed by atoms with Crippen LogP contribution in [-0.2, 0) is 0 Å². The summed E-state index contributed by atoms with van der Waals surface area (Å²) < 4.78 is 16.8. The van der Waals surface area contributed by atoms with Gasteiger partial charge >= 0.3 is 0 Å². The zero-order chi connectivity index (χ0) is 25.9. The van der Waals surface area contributed by atoms with Gasteiger partial charge in [-0.05, 0) is 68.4 Å². The molecule has 1 aliphatic rings. The first-order chi connectivity index (χ1) is 17.9. The van der Waals surface area contributed by atoms with Gasteiger partial charge in [0.05, 0.1) is 5.56 Å². The molecule has 1 saturated heterocycles. The Bertz CT molecular complexity index is 1430. The van der Waals surface area contributed by atoms with Crippen molar-refractivity contribution in [2.75, 3.05) is 51.6 Å². The minimum Gasteiger partial charge on any atom is -0.351 e. The highest BCUT2D eigenvalue weighted by Gasteiger charge is 2.16. The van der Waals surface area contributed by atoms with Crippen molar-refractivity contribution in [1.29, 1.82) is 0 Å². The second kappa shape index (κ2) is 10.7. The van der Waals surface area contributed by atoms with Crippen molar-refractivity contribution in [3.05, 3.63) is 77.4 Å². The first-order valence-electron chi connectivity index (χ1n) is 12.5. The van der Waals surface area contributed by atoms with Crippen molar-refractivity contribution < 1.29 is 9.18 Å². The number of carbonyl (C=O) groups excluding carboxylic acids is 1. The van der Waals surface area contributed by atoms with Crippen molar-refractivity contribution >= 4 is 28.6 Å². The maximum absolute atomic E-state index is 15.0. The van der Waals surface area contributed by atoms with Crippen LogP contribution in [0.4, 0.5) is 16.0 Å². The Morgan fingerprint density at radius 1 is 1.03 bits per heavy atom. The van der Waals surface area contributed by atoms with Crippen LogP contribution >= 0.6 is 0 Å². The lowest BCUT2D eigenvalue weighted by Crippen LogP contribution is -2.46. The number of halogens is 1. The topological polar surface area (TPSA) is 78.3 Å². The van der Waals surface area contributed by atoms with Gasteiger partial charge in [0, 0.05) is 68.4 Å². The van der Waals surface area contributed by atoms with E-state index in [2.05, 4.69) is 51.3 Å². The second-order valence-corrected chi connectivity index (χ2v) is 9.65. The predicted octanol–water partition coefficient (Wildman–Crippen LogP) is 3.90. The Hall–Kier alpha value is -3.82. The van der Waals surface area contributed by atoms with Crippen LogP contribution in [0.5, 0.6) is 0 Å². The molecule has 0 aliphatic carbocycles. The van der Waals surface area contributed by atoms with Gasteiger partial charge in [-0.25, -0.2) is 9.37 Å². The molecular formula is C28H32FN7O. The fourth-order valence-electron chi connectivity index (χ4n) is 4.47. The van der Waals surface area contributed by atoms with Crippen LogP contribution in [0, 0.1) is 19.7 Å². The zero-order valence-corrected chi connectivity index (χ0v) is 21.5. The molecule has 2 N–H and O–H groups in total. The van der Waals surface area contributed by atoms with E-state index in [9.17, 15) is 4.79 Å². The summed E-state index contributed by atoms with van der Waals surface area (Å²) in [6.45, 7) is 9.36. The molecule has 1 aliphatic heterocycles.